The highest BCUT2D eigenvalue weighted by atomic mass is 16.7. The number of hydrogen-bond donors (Lipinski definition) is 1. The van der Waals surface area contributed by atoms with Crippen LogP contribution in [0.3, 0.4) is 0 Å². The summed E-state index contributed by atoms with van der Waals surface area (Å²) in [5, 5.41) is 6.75. The van der Waals surface area contributed by atoms with Gasteiger partial charge in [-0.3, -0.25) is 4.79 Å². The number of piperidine rings is 1. The average Bonchev–Trinajstić information content (AvgIpc) is 2.81. The molecule has 0 unspecified atom stereocenters. The Bertz CT molecular complexity index is 392. The van der Waals surface area contributed by atoms with Crippen LogP contribution in [0.4, 0.5) is 0 Å². The van der Waals surface area contributed by atoms with Gasteiger partial charge in [0, 0.05) is 32.7 Å². The lowest BCUT2D eigenvalue weighted by Gasteiger charge is -2.29. The Labute approximate surface area is 126 Å². The molecule has 0 bridgehead atoms. The quantitative estimate of drug-likeness (QED) is 0.747. The summed E-state index contributed by atoms with van der Waals surface area (Å²) in [7, 11) is 2.14. The number of ether oxygens (including phenoxy) is 1. The normalized spacial score (nSPS) is 27.3. The summed E-state index contributed by atoms with van der Waals surface area (Å²) >= 11 is 0. The fraction of sp³-hybridized carbons (Fsp3) is 0.867. The first-order valence-electron chi connectivity index (χ1n) is 7.80. The van der Waals surface area contributed by atoms with Gasteiger partial charge in [0.1, 0.15) is 0 Å². The molecule has 2 aliphatic rings. The van der Waals surface area contributed by atoms with Crippen LogP contribution in [0.15, 0.2) is 5.16 Å². The molecule has 0 aromatic heterocycles. The van der Waals surface area contributed by atoms with E-state index >= 15 is 0 Å². The Morgan fingerprint density at radius 3 is 2.86 bits per heavy atom. The van der Waals surface area contributed by atoms with Gasteiger partial charge in [0.2, 0.25) is 5.60 Å². The Hall–Kier alpha value is -1.14. The molecule has 21 heavy (non-hydrogen) atoms. The highest BCUT2D eigenvalue weighted by Crippen LogP contribution is 2.23. The third-order valence-corrected chi connectivity index (χ3v) is 4.10. The summed E-state index contributed by atoms with van der Waals surface area (Å²) in [5.41, 5.74) is 0.0251. The largest absolute Gasteiger partial charge is 0.379 e. The van der Waals surface area contributed by atoms with Crippen molar-refractivity contribution in [1.29, 1.82) is 0 Å². The number of carbonyl (C=O) groups excluding carboxylic acids is 1. The van der Waals surface area contributed by atoms with Crippen LogP contribution >= 0.6 is 0 Å². The van der Waals surface area contributed by atoms with Gasteiger partial charge in [-0.1, -0.05) is 5.16 Å². The molecule has 0 saturated carbocycles. The number of amides is 1. The molecule has 0 spiro atoms. The first-order chi connectivity index (χ1) is 9.99. The molecule has 1 atom stereocenters. The van der Waals surface area contributed by atoms with Crippen molar-refractivity contribution in [3.8, 4) is 0 Å². The molecule has 2 aliphatic heterocycles. The number of carbonyl (C=O) groups is 1. The van der Waals surface area contributed by atoms with Crippen LogP contribution in [0.1, 0.15) is 39.5 Å². The molecule has 1 saturated heterocycles. The van der Waals surface area contributed by atoms with Crippen molar-refractivity contribution in [2.45, 2.75) is 51.2 Å². The minimum atomic E-state index is -0.834. The first kappa shape index (κ1) is 16.2. The summed E-state index contributed by atoms with van der Waals surface area (Å²) in [6.45, 7) is 7.17. The third kappa shape index (κ3) is 4.68. The van der Waals surface area contributed by atoms with Gasteiger partial charge in [-0.25, -0.2) is 0 Å². The van der Waals surface area contributed by atoms with Gasteiger partial charge in [-0.15, -0.1) is 0 Å². The number of nitrogens with zero attached hydrogens (tertiary/aromatic N) is 2. The minimum absolute atomic E-state index is 0.0950. The highest BCUT2D eigenvalue weighted by molar-refractivity contribution is 5.94. The van der Waals surface area contributed by atoms with Crippen molar-refractivity contribution in [3.63, 3.8) is 0 Å². The average molecular weight is 297 g/mol. The number of oxime groups is 1. The molecule has 0 radical (unpaired) electrons. The van der Waals surface area contributed by atoms with E-state index in [1.807, 2.05) is 6.92 Å². The van der Waals surface area contributed by atoms with E-state index in [1.165, 1.54) is 0 Å². The van der Waals surface area contributed by atoms with Gasteiger partial charge in [0.05, 0.1) is 11.8 Å². The summed E-state index contributed by atoms with van der Waals surface area (Å²) in [6.07, 6.45) is 3.97. The van der Waals surface area contributed by atoms with Crippen LogP contribution in [0.25, 0.3) is 0 Å². The Morgan fingerprint density at radius 1 is 1.52 bits per heavy atom. The second-order valence-corrected chi connectivity index (χ2v) is 6.31. The molecule has 1 fully saturated rings. The van der Waals surface area contributed by atoms with Crippen LogP contribution in [0.2, 0.25) is 0 Å². The molecular formula is C15H27N3O3. The van der Waals surface area contributed by atoms with Crippen molar-refractivity contribution in [2.75, 3.05) is 33.3 Å². The number of hydrogen-bond acceptors (Lipinski definition) is 5. The number of nitrogens with one attached hydrogen (secondary N) is 1. The molecule has 2 rings (SSSR count). The van der Waals surface area contributed by atoms with Gasteiger partial charge in [-0.2, -0.15) is 0 Å². The summed E-state index contributed by atoms with van der Waals surface area (Å²) in [5.74, 6) is -0.0950. The van der Waals surface area contributed by atoms with Crippen molar-refractivity contribution in [2.24, 2.45) is 5.16 Å². The summed E-state index contributed by atoms with van der Waals surface area (Å²) in [6, 6.07) is 0. The van der Waals surface area contributed by atoms with E-state index in [-0.39, 0.29) is 5.91 Å². The van der Waals surface area contributed by atoms with Crippen molar-refractivity contribution >= 4 is 11.6 Å². The second kappa shape index (κ2) is 7.22. The molecular weight excluding hydrogens is 270 g/mol. The lowest BCUT2D eigenvalue weighted by Crippen LogP contribution is -2.45. The fourth-order valence-electron chi connectivity index (χ4n) is 2.72. The van der Waals surface area contributed by atoms with Gasteiger partial charge in [0.25, 0.3) is 5.91 Å². The zero-order valence-corrected chi connectivity index (χ0v) is 13.4. The third-order valence-electron chi connectivity index (χ3n) is 4.10. The van der Waals surface area contributed by atoms with Gasteiger partial charge < -0.3 is 19.8 Å². The molecule has 1 amide bonds. The summed E-state index contributed by atoms with van der Waals surface area (Å²) < 4.78 is 5.85. The zero-order chi connectivity index (χ0) is 15.3. The van der Waals surface area contributed by atoms with E-state index in [1.54, 1.807) is 6.92 Å². The first-order valence-corrected chi connectivity index (χ1v) is 7.80. The maximum absolute atomic E-state index is 12.1. The predicted octanol–water partition coefficient (Wildman–Crippen LogP) is 1.16. The van der Waals surface area contributed by atoms with Crippen molar-refractivity contribution in [1.82, 2.24) is 10.2 Å². The van der Waals surface area contributed by atoms with Crippen molar-refractivity contribution in [3.05, 3.63) is 0 Å². The van der Waals surface area contributed by atoms with Crippen LogP contribution in [-0.2, 0) is 14.4 Å². The lowest BCUT2D eigenvalue weighted by molar-refractivity contribution is -0.141. The predicted molar refractivity (Wildman–Crippen MR) is 81.3 cm³/mol. The van der Waals surface area contributed by atoms with E-state index in [9.17, 15) is 4.79 Å². The summed E-state index contributed by atoms with van der Waals surface area (Å²) in [4.78, 5) is 19.6. The van der Waals surface area contributed by atoms with Crippen LogP contribution in [0.5, 0.6) is 0 Å². The maximum Gasteiger partial charge on any atom is 0.267 e. The highest BCUT2D eigenvalue weighted by Gasteiger charge is 2.40. The van der Waals surface area contributed by atoms with Gasteiger partial charge in [-0.05, 0) is 40.2 Å². The monoisotopic (exact) mass is 297 g/mol. The van der Waals surface area contributed by atoms with E-state index in [0.717, 1.165) is 38.1 Å². The van der Waals surface area contributed by atoms with E-state index < -0.39 is 5.60 Å². The van der Waals surface area contributed by atoms with E-state index in [2.05, 4.69) is 22.4 Å². The second-order valence-electron chi connectivity index (χ2n) is 6.31. The van der Waals surface area contributed by atoms with Gasteiger partial charge >= 0.3 is 0 Å². The smallest absolute Gasteiger partial charge is 0.267 e. The Morgan fingerprint density at radius 2 is 2.24 bits per heavy atom. The topological polar surface area (TPSA) is 63.2 Å². The number of rotatable bonds is 6. The van der Waals surface area contributed by atoms with Crippen LogP contribution in [0, 0.1) is 0 Å². The molecule has 0 aromatic rings. The zero-order valence-electron chi connectivity index (χ0n) is 13.4. The Balaban J connectivity index is 1.55. The molecule has 0 aromatic carbocycles. The van der Waals surface area contributed by atoms with Crippen molar-refractivity contribution < 1.29 is 14.4 Å². The molecule has 0 aliphatic carbocycles. The van der Waals surface area contributed by atoms with Gasteiger partial charge in [0.15, 0.2) is 0 Å². The van der Waals surface area contributed by atoms with Crippen LogP contribution in [-0.4, -0.2) is 61.5 Å². The molecule has 6 nitrogen and oxygen atoms in total. The standard InChI is InChI=1S/C15H27N3O3/c1-12-11-15(2,21-17-12)14(19)16-7-4-10-20-13-5-8-18(3)9-6-13/h13H,4-11H2,1-3H3,(H,16,19)/t15-/m1/s1. The van der Waals surface area contributed by atoms with E-state index in [4.69, 9.17) is 9.57 Å². The Kier molecular flexibility index (Phi) is 5.58. The van der Waals surface area contributed by atoms with Crippen LogP contribution < -0.4 is 5.32 Å². The van der Waals surface area contributed by atoms with E-state index in [0.29, 0.717) is 25.7 Å². The molecule has 1 N–H and O–H groups in total. The number of likely N-dealkylation sites (tertiary alicyclic amines) is 1. The molecule has 120 valence electrons. The maximum atomic E-state index is 12.1. The lowest BCUT2D eigenvalue weighted by atomic mass is 9.99. The fourth-order valence-corrected chi connectivity index (χ4v) is 2.72. The molecule has 6 heteroatoms. The SMILES string of the molecule is CC1=NO[C@@](C)(C(=O)NCCCOC2CCN(C)CC2)C1. The minimum Gasteiger partial charge on any atom is -0.379 e. The molecule has 2 heterocycles.